The third-order valence-corrected chi connectivity index (χ3v) is 16.2. The molecule has 1 spiro atoms. The van der Waals surface area contributed by atoms with Crippen molar-refractivity contribution in [3.05, 3.63) is 258 Å². The molecule has 0 saturated carbocycles. The number of hydrogen-bond acceptors (Lipinski definition) is 2. The molecule has 1 aromatic heterocycles. The number of fused-ring (bicyclic) bond motifs is 17. The first kappa shape index (κ1) is 37.6. The van der Waals surface area contributed by atoms with Crippen LogP contribution in [0.25, 0.3) is 75.8 Å². The Kier molecular flexibility index (Phi) is 7.89. The number of benzene rings is 10. The molecule has 10 aromatic carbocycles. The minimum Gasteiger partial charge on any atom is -0.310 e. The van der Waals surface area contributed by atoms with E-state index in [1.807, 2.05) is 11.3 Å². The lowest BCUT2D eigenvalue weighted by atomic mass is 9.69. The van der Waals surface area contributed by atoms with Crippen LogP contribution in [-0.4, -0.2) is 0 Å². The topological polar surface area (TPSA) is 3.24 Å². The summed E-state index contributed by atoms with van der Waals surface area (Å²) < 4.78 is 2.64. The Morgan fingerprint density at radius 3 is 1.53 bits per heavy atom. The molecule has 1 nitrogen and oxygen atoms in total. The van der Waals surface area contributed by atoms with Crippen molar-refractivity contribution >= 4 is 48.6 Å². The normalized spacial score (nSPS) is 14.2. The summed E-state index contributed by atoms with van der Waals surface area (Å²) >= 11 is 1.90. The first-order chi connectivity index (χ1) is 32.5. The number of hydrogen-bond donors (Lipinski definition) is 0. The summed E-state index contributed by atoms with van der Waals surface area (Å²) in [6.45, 7) is 4.75. The molecule has 0 N–H and O–H groups in total. The molecular formula is C64H43NS. The Labute approximate surface area is 389 Å². The van der Waals surface area contributed by atoms with Gasteiger partial charge in [0.25, 0.3) is 0 Å². The predicted molar refractivity (Wildman–Crippen MR) is 279 cm³/mol. The minimum absolute atomic E-state index is 0.132. The van der Waals surface area contributed by atoms with E-state index in [2.05, 4.69) is 243 Å². The number of anilines is 3. The van der Waals surface area contributed by atoms with Gasteiger partial charge in [0.15, 0.2) is 0 Å². The predicted octanol–water partition coefficient (Wildman–Crippen LogP) is 17.5. The number of thiophene rings is 1. The Hall–Kier alpha value is -7.78. The van der Waals surface area contributed by atoms with E-state index in [-0.39, 0.29) is 5.41 Å². The maximum atomic E-state index is 2.55. The van der Waals surface area contributed by atoms with E-state index >= 15 is 0 Å². The molecule has 11 aromatic rings. The molecule has 0 bridgehead atoms. The van der Waals surface area contributed by atoms with Crippen molar-refractivity contribution in [3.63, 3.8) is 0 Å². The summed E-state index contributed by atoms with van der Waals surface area (Å²) in [5.41, 5.74) is 23.6. The minimum atomic E-state index is -0.609. The summed E-state index contributed by atoms with van der Waals surface area (Å²) in [4.78, 5) is 2.49. The molecule has 0 unspecified atom stereocenters. The van der Waals surface area contributed by atoms with Gasteiger partial charge in [-0.15, -0.1) is 11.3 Å². The molecule has 0 fully saturated rings. The van der Waals surface area contributed by atoms with Crippen molar-refractivity contribution in [3.8, 4) is 55.6 Å². The monoisotopic (exact) mass is 857 g/mol. The van der Waals surface area contributed by atoms with Gasteiger partial charge < -0.3 is 4.90 Å². The second kappa shape index (κ2) is 13.9. The van der Waals surface area contributed by atoms with Gasteiger partial charge in [-0.2, -0.15) is 0 Å². The highest BCUT2D eigenvalue weighted by Crippen LogP contribution is 2.66. The van der Waals surface area contributed by atoms with Gasteiger partial charge in [0.05, 0.1) is 5.41 Å². The van der Waals surface area contributed by atoms with Crippen molar-refractivity contribution in [1.82, 2.24) is 0 Å². The van der Waals surface area contributed by atoms with Crippen LogP contribution in [0.1, 0.15) is 47.2 Å². The fraction of sp³-hybridized carbons (Fsp3) is 0.0625. The lowest BCUT2D eigenvalue weighted by Gasteiger charge is -2.33. The molecule has 3 aliphatic rings. The van der Waals surface area contributed by atoms with Gasteiger partial charge in [-0.1, -0.05) is 178 Å². The van der Waals surface area contributed by atoms with E-state index in [1.54, 1.807) is 0 Å². The molecule has 3 aliphatic carbocycles. The van der Waals surface area contributed by atoms with Crippen LogP contribution in [0, 0.1) is 0 Å². The highest BCUT2D eigenvalue weighted by molar-refractivity contribution is 7.26. The molecule has 310 valence electrons. The van der Waals surface area contributed by atoms with E-state index in [9.17, 15) is 0 Å². The Morgan fingerprint density at radius 2 is 0.848 bits per heavy atom. The largest absolute Gasteiger partial charge is 0.310 e. The average molecular weight is 858 g/mol. The van der Waals surface area contributed by atoms with Gasteiger partial charge >= 0.3 is 0 Å². The molecule has 1 heterocycles. The van der Waals surface area contributed by atoms with Crippen molar-refractivity contribution in [1.29, 1.82) is 0 Å². The molecular weight excluding hydrogens is 815 g/mol. The third kappa shape index (κ3) is 5.11. The van der Waals surface area contributed by atoms with Crippen LogP contribution >= 0.6 is 11.3 Å². The number of nitrogens with zero attached hydrogens (tertiary/aromatic N) is 1. The van der Waals surface area contributed by atoms with Crippen LogP contribution in [0.2, 0.25) is 0 Å². The van der Waals surface area contributed by atoms with E-state index in [0.29, 0.717) is 0 Å². The molecule has 0 atom stereocenters. The van der Waals surface area contributed by atoms with Crippen LogP contribution in [0.3, 0.4) is 0 Å². The lowest BCUT2D eigenvalue weighted by Crippen LogP contribution is -2.26. The summed E-state index contributed by atoms with van der Waals surface area (Å²) in [7, 11) is 0. The fourth-order valence-electron chi connectivity index (χ4n) is 12.1. The van der Waals surface area contributed by atoms with Gasteiger partial charge in [-0.25, -0.2) is 0 Å². The Balaban J connectivity index is 1.09. The summed E-state index contributed by atoms with van der Waals surface area (Å²) in [6.07, 6.45) is 0. The molecule has 14 rings (SSSR count). The van der Waals surface area contributed by atoms with Crippen LogP contribution in [-0.2, 0) is 10.8 Å². The molecule has 2 heteroatoms. The lowest BCUT2D eigenvalue weighted by molar-refractivity contribution is 0.660. The van der Waals surface area contributed by atoms with E-state index in [1.165, 1.54) is 109 Å². The van der Waals surface area contributed by atoms with Crippen LogP contribution in [0.4, 0.5) is 17.1 Å². The van der Waals surface area contributed by atoms with E-state index in [4.69, 9.17) is 0 Å². The van der Waals surface area contributed by atoms with Gasteiger partial charge in [-0.3, -0.25) is 0 Å². The van der Waals surface area contributed by atoms with Crippen LogP contribution < -0.4 is 4.90 Å². The zero-order valence-corrected chi connectivity index (χ0v) is 37.5. The number of para-hydroxylation sites is 1. The second-order valence-electron chi connectivity index (χ2n) is 18.8. The van der Waals surface area contributed by atoms with Crippen LogP contribution in [0.15, 0.2) is 224 Å². The fourth-order valence-corrected chi connectivity index (χ4v) is 13.2. The van der Waals surface area contributed by atoms with Gasteiger partial charge in [0.1, 0.15) is 0 Å². The van der Waals surface area contributed by atoms with Crippen molar-refractivity contribution in [2.75, 3.05) is 4.90 Å². The molecule has 0 aliphatic heterocycles. The maximum absolute atomic E-state index is 2.55. The highest BCUT2D eigenvalue weighted by atomic mass is 32.1. The van der Waals surface area contributed by atoms with Gasteiger partial charge in [0.2, 0.25) is 0 Å². The molecule has 66 heavy (non-hydrogen) atoms. The Bertz CT molecular complexity index is 3690. The van der Waals surface area contributed by atoms with E-state index in [0.717, 1.165) is 17.1 Å². The molecule has 0 saturated heterocycles. The van der Waals surface area contributed by atoms with Crippen LogP contribution in [0.5, 0.6) is 0 Å². The SMILES string of the molecule is CC1(C)c2ccccc2-c2ccc(N(c3ccccc3)c3ccc4c(c3)C3(c5cc(-c6ccccc6)ccc5-c5ccc(-c6ccccc6)cc53)c3ccc5sc6ccccc6c5c3-4)cc21. The zero-order chi connectivity index (χ0) is 43.7. The smallest absolute Gasteiger partial charge is 0.0726 e. The quantitative estimate of drug-likeness (QED) is 0.167. The maximum Gasteiger partial charge on any atom is 0.0726 e. The molecule has 0 radical (unpaired) electrons. The summed E-state index contributed by atoms with van der Waals surface area (Å²) in [5.74, 6) is 0. The standard InChI is InChI=1S/C64H43NS/c1-63(2)53-24-14-12-22-47(53)48-32-28-45(38-55(48)63)65(44-20-10-5-11-21-44)46-29-33-51-58(39-46)64(54-34-35-60-62(61(51)54)52-23-13-15-25-59(52)66-60)56-36-42(40-16-6-3-7-17-40)26-30-49(56)50-31-27-43(37-57(50)64)41-18-8-4-9-19-41/h3-39H,1-2H3. The van der Waals surface area contributed by atoms with Crippen molar-refractivity contribution in [2.24, 2.45) is 0 Å². The highest BCUT2D eigenvalue weighted by Gasteiger charge is 2.53. The molecule has 0 amide bonds. The first-order valence-electron chi connectivity index (χ1n) is 23.1. The third-order valence-electron chi connectivity index (χ3n) is 15.1. The van der Waals surface area contributed by atoms with E-state index < -0.39 is 5.41 Å². The zero-order valence-electron chi connectivity index (χ0n) is 36.7. The first-order valence-corrected chi connectivity index (χ1v) is 23.9. The average Bonchev–Trinajstić information content (AvgIpc) is 4.06. The Morgan fingerprint density at radius 1 is 0.333 bits per heavy atom. The summed E-state index contributed by atoms with van der Waals surface area (Å²) in [6, 6.07) is 84.6. The number of rotatable bonds is 5. The van der Waals surface area contributed by atoms with Gasteiger partial charge in [-0.05, 0) is 150 Å². The summed E-state index contributed by atoms with van der Waals surface area (Å²) in [5, 5.41) is 2.68. The van der Waals surface area contributed by atoms with Gasteiger partial charge in [0, 0.05) is 42.6 Å². The van der Waals surface area contributed by atoms with Crippen molar-refractivity contribution in [2.45, 2.75) is 24.7 Å². The second-order valence-corrected chi connectivity index (χ2v) is 19.8. The van der Waals surface area contributed by atoms with Crippen molar-refractivity contribution < 1.29 is 0 Å².